The number of hydrazine groups is 1. The molecule has 1 aromatic heterocycles. The van der Waals surface area contributed by atoms with Gasteiger partial charge in [0.05, 0.1) is 11.4 Å². The Labute approximate surface area is 101 Å². The first-order chi connectivity index (χ1) is 8.13. The van der Waals surface area contributed by atoms with Gasteiger partial charge >= 0.3 is 0 Å². The van der Waals surface area contributed by atoms with Gasteiger partial charge in [-0.1, -0.05) is 0 Å². The van der Waals surface area contributed by atoms with Gasteiger partial charge in [-0.15, -0.1) is 11.3 Å². The Balaban J connectivity index is 2.19. The van der Waals surface area contributed by atoms with Crippen LogP contribution in [0.25, 0.3) is 0 Å². The molecule has 1 aromatic rings. The zero-order valence-electron chi connectivity index (χ0n) is 8.93. The lowest BCUT2D eigenvalue weighted by molar-refractivity contribution is -0.139. The van der Waals surface area contributed by atoms with Gasteiger partial charge in [-0.05, 0) is 17.0 Å². The largest absolute Gasteiger partial charge is 0.289 e. The number of hydrogen-bond donors (Lipinski definition) is 2. The molecule has 0 unspecified atom stereocenters. The van der Waals surface area contributed by atoms with Gasteiger partial charge in [0.25, 0.3) is 5.91 Å². The average molecular weight is 253 g/mol. The molecule has 17 heavy (non-hydrogen) atoms. The minimum atomic E-state index is -0.408. The second-order valence-corrected chi connectivity index (χ2v) is 4.54. The quantitative estimate of drug-likeness (QED) is 0.343. The van der Waals surface area contributed by atoms with Crippen LogP contribution in [0.3, 0.4) is 0 Å². The number of amides is 3. The van der Waals surface area contributed by atoms with E-state index in [1.807, 2.05) is 5.43 Å². The van der Waals surface area contributed by atoms with Gasteiger partial charge in [-0.2, -0.15) is 0 Å². The highest BCUT2D eigenvalue weighted by molar-refractivity contribution is 7.12. The average Bonchev–Trinajstić information content (AvgIpc) is 2.90. The molecule has 0 bridgehead atoms. The summed E-state index contributed by atoms with van der Waals surface area (Å²) in [5.41, 5.74) is 2.68. The molecule has 3 amide bonds. The van der Waals surface area contributed by atoms with Crippen molar-refractivity contribution in [1.29, 1.82) is 0 Å². The van der Waals surface area contributed by atoms with Crippen LogP contribution < -0.4 is 11.3 Å². The molecule has 0 aromatic carbocycles. The number of nitrogens with one attached hydrogen (secondary N) is 1. The maximum absolute atomic E-state index is 11.4. The number of carbonyl (C=O) groups is 3. The van der Waals surface area contributed by atoms with Crippen LogP contribution in [0.2, 0.25) is 0 Å². The normalized spacial score (nSPS) is 15.5. The van der Waals surface area contributed by atoms with Gasteiger partial charge in [-0.3, -0.25) is 24.7 Å². The fourth-order valence-electron chi connectivity index (χ4n) is 1.69. The van der Waals surface area contributed by atoms with Crippen LogP contribution >= 0.6 is 11.3 Å². The highest BCUT2D eigenvalue weighted by Gasteiger charge is 2.29. The maximum atomic E-state index is 11.4. The summed E-state index contributed by atoms with van der Waals surface area (Å²) >= 11 is 1.23. The maximum Gasteiger partial charge on any atom is 0.275 e. The molecule has 2 heterocycles. The minimum absolute atomic E-state index is 0.143. The number of nitrogens with zero attached hydrogens (tertiary/aromatic N) is 1. The standard InChI is InChI=1S/C10H11N3O3S/c11-12-10(16)9-6(3-4-17-9)5-13-7(14)1-2-8(13)15/h3-4H,1-2,5,11H2,(H,12,16). The van der Waals surface area contributed by atoms with E-state index in [4.69, 9.17) is 5.84 Å². The van der Waals surface area contributed by atoms with Crippen LogP contribution in [-0.4, -0.2) is 22.6 Å². The highest BCUT2D eigenvalue weighted by Crippen LogP contribution is 2.21. The lowest BCUT2D eigenvalue weighted by Gasteiger charge is -2.13. The monoisotopic (exact) mass is 253 g/mol. The first-order valence-corrected chi connectivity index (χ1v) is 5.92. The van der Waals surface area contributed by atoms with Crippen LogP contribution in [-0.2, 0) is 16.1 Å². The van der Waals surface area contributed by atoms with Crippen LogP contribution in [0, 0.1) is 0 Å². The van der Waals surface area contributed by atoms with E-state index in [1.165, 1.54) is 16.2 Å². The summed E-state index contributed by atoms with van der Waals surface area (Å²) in [6.45, 7) is 0.143. The Bertz CT molecular complexity index is 467. The van der Waals surface area contributed by atoms with Crippen molar-refractivity contribution in [1.82, 2.24) is 10.3 Å². The molecule has 0 atom stereocenters. The Morgan fingerprint density at radius 1 is 1.41 bits per heavy atom. The molecule has 1 aliphatic rings. The molecule has 0 spiro atoms. The number of nitrogen functional groups attached to an aromatic ring is 1. The van der Waals surface area contributed by atoms with Crippen molar-refractivity contribution < 1.29 is 14.4 Å². The smallest absolute Gasteiger partial charge is 0.275 e. The van der Waals surface area contributed by atoms with E-state index in [9.17, 15) is 14.4 Å². The van der Waals surface area contributed by atoms with Crippen LogP contribution in [0.15, 0.2) is 11.4 Å². The molecular formula is C10H11N3O3S. The number of carbonyl (C=O) groups excluding carboxylic acids is 3. The summed E-state index contributed by atoms with van der Waals surface area (Å²) in [6.07, 6.45) is 0.503. The number of likely N-dealkylation sites (tertiary alicyclic amines) is 1. The second kappa shape index (κ2) is 4.64. The van der Waals surface area contributed by atoms with Gasteiger partial charge < -0.3 is 0 Å². The molecular weight excluding hydrogens is 242 g/mol. The van der Waals surface area contributed by atoms with Crippen molar-refractivity contribution in [2.75, 3.05) is 0 Å². The van der Waals surface area contributed by atoms with Gasteiger partial charge in [0.1, 0.15) is 0 Å². The molecule has 1 aliphatic heterocycles. The van der Waals surface area contributed by atoms with Crippen molar-refractivity contribution in [2.24, 2.45) is 5.84 Å². The molecule has 1 fully saturated rings. The lowest BCUT2D eigenvalue weighted by Crippen LogP contribution is -2.32. The summed E-state index contributed by atoms with van der Waals surface area (Å²) in [6, 6.07) is 1.72. The Hall–Kier alpha value is -1.73. The lowest BCUT2D eigenvalue weighted by atomic mass is 10.2. The topological polar surface area (TPSA) is 92.5 Å². The number of nitrogens with two attached hydrogens (primary N) is 1. The first-order valence-electron chi connectivity index (χ1n) is 5.04. The molecule has 0 aliphatic carbocycles. The minimum Gasteiger partial charge on any atom is -0.289 e. The molecule has 1 saturated heterocycles. The fourth-order valence-corrected chi connectivity index (χ4v) is 2.51. The number of imide groups is 1. The first kappa shape index (κ1) is 11.7. The summed E-state index contributed by atoms with van der Waals surface area (Å²) in [4.78, 5) is 35.9. The molecule has 7 heteroatoms. The molecule has 90 valence electrons. The van der Waals surface area contributed by atoms with E-state index in [0.717, 1.165) is 0 Å². The van der Waals surface area contributed by atoms with Crippen molar-refractivity contribution in [3.63, 3.8) is 0 Å². The highest BCUT2D eigenvalue weighted by atomic mass is 32.1. The second-order valence-electron chi connectivity index (χ2n) is 3.62. The van der Waals surface area contributed by atoms with E-state index in [2.05, 4.69) is 0 Å². The van der Waals surface area contributed by atoms with Gasteiger partial charge in [0, 0.05) is 12.8 Å². The Morgan fingerprint density at radius 3 is 2.65 bits per heavy atom. The predicted molar refractivity (Wildman–Crippen MR) is 60.8 cm³/mol. The molecule has 3 N–H and O–H groups in total. The van der Waals surface area contributed by atoms with Crippen LogP contribution in [0.4, 0.5) is 0 Å². The van der Waals surface area contributed by atoms with Gasteiger partial charge in [0.15, 0.2) is 0 Å². The predicted octanol–water partition coefficient (Wildman–Crippen LogP) is 0.000600. The zero-order valence-corrected chi connectivity index (χ0v) is 9.75. The third-order valence-electron chi connectivity index (χ3n) is 2.57. The van der Waals surface area contributed by atoms with E-state index in [-0.39, 0.29) is 31.2 Å². The third kappa shape index (κ3) is 2.20. The van der Waals surface area contributed by atoms with Crippen molar-refractivity contribution in [2.45, 2.75) is 19.4 Å². The molecule has 6 nitrogen and oxygen atoms in total. The molecule has 0 radical (unpaired) electrons. The fraction of sp³-hybridized carbons (Fsp3) is 0.300. The SMILES string of the molecule is NNC(=O)c1sccc1CN1C(=O)CCC1=O. The van der Waals surface area contributed by atoms with E-state index < -0.39 is 5.91 Å². The van der Waals surface area contributed by atoms with E-state index in [1.54, 1.807) is 11.4 Å². The summed E-state index contributed by atoms with van der Waals surface area (Å²) in [5, 5.41) is 1.73. The van der Waals surface area contributed by atoms with E-state index >= 15 is 0 Å². The number of hydrogen-bond acceptors (Lipinski definition) is 5. The van der Waals surface area contributed by atoms with Gasteiger partial charge in [-0.25, -0.2) is 5.84 Å². The van der Waals surface area contributed by atoms with Crippen LogP contribution in [0.1, 0.15) is 28.1 Å². The number of rotatable bonds is 3. The Kier molecular flexibility index (Phi) is 3.21. The Morgan fingerprint density at radius 2 is 2.06 bits per heavy atom. The molecule has 0 saturated carbocycles. The number of thiophene rings is 1. The summed E-state index contributed by atoms with van der Waals surface area (Å²) in [7, 11) is 0. The van der Waals surface area contributed by atoms with Gasteiger partial charge in [0.2, 0.25) is 11.8 Å². The molecule has 2 rings (SSSR count). The summed E-state index contributed by atoms with van der Waals surface area (Å²) < 4.78 is 0. The zero-order chi connectivity index (χ0) is 12.4. The van der Waals surface area contributed by atoms with Crippen molar-refractivity contribution >= 4 is 29.1 Å². The summed E-state index contributed by atoms with van der Waals surface area (Å²) in [5.74, 6) is 4.26. The van der Waals surface area contributed by atoms with Crippen molar-refractivity contribution in [3.05, 3.63) is 21.9 Å². The van der Waals surface area contributed by atoms with E-state index in [0.29, 0.717) is 10.4 Å². The third-order valence-corrected chi connectivity index (χ3v) is 3.52. The van der Waals surface area contributed by atoms with Crippen LogP contribution in [0.5, 0.6) is 0 Å². The van der Waals surface area contributed by atoms with Crippen molar-refractivity contribution in [3.8, 4) is 0 Å².